The molecular formula is C37H33N5. The molecule has 5 atom stereocenters. The van der Waals surface area contributed by atoms with Crippen LogP contribution in [0.4, 0.5) is 0 Å². The molecule has 9 rings (SSSR count). The largest absolute Gasteiger partial charge is 0.302 e. The molecule has 3 heterocycles. The van der Waals surface area contributed by atoms with Crippen LogP contribution in [0.3, 0.4) is 0 Å². The van der Waals surface area contributed by atoms with Crippen LogP contribution in [0.1, 0.15) is 53.6 Å². The van der Waals surface area contributed by atoms with Gasteiger partial charge in [0.05, 0.1) is 34.2 Å². The van der Waals surface area contributed by atoms with Crippen molar-refractivity contribution in [3.05, 3.63) is 132 Å². The van der Waals surface area contributed by atoms with Crippen molar-refractivity contribution in [1.29, 1.82) is 0 Å². The maximum Gasteiger partial charge on any atom is 0.103 e. The molecule has 2 aliphatic heterocycles. The fourth-order valence-electron chi connectivity index (χ4n) is 9.26. The van der Waals surface area contributed by atoms with Crippen LogP contribution in [0.15, 0.2) is 114 Å². The molecule has 1 N–H and O–H groups in total. The van der Waals surface area contributed by atoms with E-state index in [1.165, 1.54) is 28.0 Å². The van der Waals surface area contributed by atoms with E-state index in [1.54, 1.807) is 0 Å². The number of likely N-dealkylation sites (N-methyl/N-ethyl adjacent to an activating group) is 1. The van der Waals surface area contributed by atoms with Crippen molar-refractivity contribution < 1.29 is 0 Å². The molecule has 5 heteroatoms. The molecule has 4 aliphatic rings. The van der Waals surface area contributed by atoms with Crippen molar-refractivity contribution in [3.8, 4) is 11.3 Å². The van der Waals surface area contributed by atoms with E-state index in [-0.39, 0.29) is 17.4 Å². The summed E-state index contributed by atoms with van der Waals surface area (Å²) in [5, 5.41) is 5.38. The highest BCUT2D eigenvalue weighted by atomic mass is 15.4. The number of hydrogen-bond acceptors (Lipinski definition) is 5. The lowest BCUT2D eigenvalue weighted by atomic mass is 9.51. The average molecular weight is 548 g/mol. The van der Waals surface area contributed by atoms with E-state index in [0.29, 0.717) is 5.92 Å². The minimum Gasteiger partial charge on any atom is -0.302 e. The second-order valence-electron chi connectivity index (χ2n) is 12.5. The zero-order chi connectivity index (χ0) is 27.9. The topological polar surface area (TPSA) is 53.4 Å². The Bertz CT molecular complexity index is 1870. The van der Waals surface area contributed by atoms with Gasteiger partial charge in [-0.15, -0.1) is 0 Å². The molecule has 4 aromatic carbocycles. The molecular weight excluding hydrogens is 514 g/mol. The van der Waals surface area contributed by atoms with Gasteiger partial charge in [0.1, 0.15) is 5.54 Å². The predicted octanol–water partition coefficient (Wildman–Crippen LogP) is 7.07. The summed E-state index contributed by atoms with van der Waals surface area (Å²) in [5.74, 6) is 0.578. The van der Waals surface area contributed by atoms with Gasteiger partial charge in [-0.1, -0.05) is 103 Å². The number of aromatic nitrogens is 2. The smallest absolute Gasteiger partial charge is 0.103 e. The molecule has 42 heavy (non-hydrogen) atoms. The lowest BCUT2D eigenvalue weighted by Crippen LogP contribution is -2.57. The summed E-state index contributed by atoms with van der Waals surface area (Å²) in [6.07, 6.45) is 3.33. The van der Waals surface area contributed by atoms with Gasteiger partial charge >= 0.3 is 0 Å². The summed E-state index contributed by atoms with van der Waals surface area (Å²) in [6.45, 7) is 0.925. The van der Waals surface area contributed by atoms with E-state index in [2.05, 4.69) is 127 Å². The third-order valence-electron chi connectivity index (χ3n) is 10.7. The highest BCUT2D eigenvalue weighted by Crippen LogP contribution is 2.70. The van der Waals surface area contributed by atoms with Gasteiger partial charge in [-0.05, 0) is 48.7 Å². The number of fused-ring (bicyclic) bond motifs is 9. The summed E-state index contributed by atoms with van der Waals surface area (Å²) in [4.78, 5) is 13.5. The molecule has 0 amide bonds. The molecule has 1 aromatic heterocycles. The number of hydrogen-bond donors (Lipinski definition) is 1. The van der Waals surface area contributed by atoms with E-state index >= 15 is 0 Å². The second kappa shape index (κ2) is 8.83. The Morgan fingerprint density at radius 3 is 2.21 bits per heavy atom. The van der Waals surface area contributed by atoms with E-state index in [4.69, 9.17) is 15.1 Å². The Morgan fingerprint density at radius 1 is 0.762 bits per heavy atom. The molecule has 2 spiro atoms. The van der Waals surface area contributed by atoms with Gasteiger partial charge in [0.15, 0.2) is 0 Å². The fraction of sp³-hybridized carbons (Fsp3) is 0.270. The van der Waals surface area contributed by atoms with E-state index in [0.717, 1.165) is 48.2 Å². The Balaban J connectivity index is 1.36. The Labute approximate surface area is 246 Å². The molecule has 1 saturated heterocycles. The molecule has 2 aliphatic carbocycles. The second-order valence-corrected chi connectivity index (χ2v) is 12.5. The first kappa shape index (κ1) is 24.3. The van der Waals surface area contributed by atoms with Crippen molar-refractivity contribution in [1.82, 2.24) is 20.3 Å². The molecule has 5 aromatic rings. The number of para-hydroxylation sites is 2. The zero-order valence-electron chi connectivity index (χ0n) is 23.7. The van der Waals surface area contributed by atoms with Crippen LogP contribution in [0.25, 0.3) is 22.3 Å². The molecule has 2 unspecified atom stereocenters. The molecule has 0 radical (unpaired) electrons. The zero-order valence-corrected chi connectivity index (χ0v) is 23.7. The van der Waals surface area contributed by atoms with Gasteiger partial charge < -0.3 is 5.43 Å². The van der Waals surface area contributed by atoms with Crippen molar-refractivity contribution in [2.75, 3.05) is 13.6 Å². The van der Waals surface area contributed by atoms with Crippen LogP contribution in [0.5, 0.6) is 0 Å². The van der Waals surface area contributed by atoms with Crippen molar-refractivity contribution in [2.45, 2.75) is 36.8 Å². The highest BCUT2D eigenvalue weighted by Gasteiger charge is 2.72. The Morgan fingerprint density at radius 2 is 1.43 bits per heavy atom. The van der Waals surface area contributed by atoms with E-state index in [1.807, 2.05) is 0 Å². The summed E-state index contributed by atoms with van der Waals surface area (Å²) in [6, 6.07) is 39.5. The predicted molar refractivity (Wildman–Crippen MR) is 167 cm³/mol. The van der Waals surface area contributed by atoms with Crippen molar-refractivity contribution >= 4 is 16.7 Å². The lowest BCUT2D eigenvalue weighted by Gasteiger charge is -2.52. The number of nitrogens with one attached hydrogen (secondary N) is 1. The van der Waals surface area contributed by atoms with Gasteiger partial charge in [-0.3, -0.25) is 4.90 Å². The highest BCUT2D eigenvalue weighted by molar-refractivity contribution is 6.00. The molecule has 5 nitrogen and oxygen atoms in total. The van der Waals surface area contributed by atoms with Gasteiger partial charge in [-0.2, -0.15) is 5.10 Å². The minimum absolute atomic E-state index is 0.177. The number of benzene rings is 4. The molecule has 2 fully saturated rings. The number of rotatable bonds is 2. The minimum atomic E-state index is -0.485. The molecule has 1 saturated carbocycles. The van der Waals surface area contributed by atoms with E-state index < -0.39 is 5.54 Å². The lowest BCUT2D eigenvalue weighted by molar-refractivity contribution is 0.111. The summed E-state index contributed by atoms with van der Waals surface area (Å²) in [7, 11) is 2.31. The Hall–Kier alpha value is -4.35. The van der Waals surface area contributed by atoms with E-state index in [9.17, 15) is 0 Å². The molecule has 206 valence electrons. The number of likely N-dealkylation sites (tertiary alicyclic amines) is 1. The standard InChI is InChI=1S/C37H33N5/c1-42-23-29(24-13-4-2-5-14-24)36(22-12-18-27-32(40-41-34(27)36)25-15-6-3-7-16-25)37(42)28-19-9-8-17-26(28)33-35(37)39-31-21-11-10-20-30(31)38-33/h2-11,13-17,19-21,27,29,32,40H,12,18,22-23H2,1H3/t27?,29-,32?,36+,37-/m0/s1. The monoisotopic (exact) mass is 547 g/mol. The number of nitrogens with zero attached hydrogens (tertiary/aromatic N) is 4. The van der Waals surface area contributed by atoms with Crippen LogP contribution >= 0.6 is 0 Å². The number of hydrazone groups is 1. The van der Waals surface area contributed by atoms with Crippen LogP contribution in [0, 0.1) is 11.3 Å². The maximum absolute atomic E-state index is 5.55. The van der Waals surface area contributed by atoms with Crippen LogP contribution < -0.4 is 5.43 Å². The first-order valence-electron chi connectivity index (χ1n) is 15.3. The first-order chi connectivity index (χ1) is 20.7. The van der Waals surface area contributed by atoms with Gasteiger partial charge in [0.2, 0.25) is 0 Å². The van der Waals surface area contributed by atoms with Crippen molar-refractivity contribution in [2.24, 2.45) is 16.4 Å². The normalized spacial score (nSPS) is 29.4. The van der Waals surface area contributed by atoms with Gasteiger partial charge in [0, 0.05) is 29.4 Å². The Kier molecular flexibility index (Phi) is 5.10. The van der Waals surface area contributed by atoms with Crippen LogP contribution in [-0.2, 0) is 5.54 Å². The first-order valence-corrected chi connectivity index (χ1v) is 15.3. The quantitative estimate of drug-likeness (QED) is 0.257. The van der Waals surface area contributed by atoms with Gasteiger partial charge in [-0.25, -0.2) is 9.97 Å². The fourth-order valence-corrected chi connectivity index (χ4v) is 9.26. The van der Waals surface area contributed by atoms with Gasteiger partial charge in [0.25, 0.3) is 0 Å². The van der Waals surface area contributed by atoms with Crippen LogP contribution in [0.2, 0.25) is 0 Å². The van der Waals surface area contributed by atoms with Crippen molar-refractivity contribution in [3.63, 3.8) is 0 Å². The SMILES string of the molecule is CN1C[C@@H](c2ccccc2)[C@@]2(CCCC3C2=NNC3c2ccccc2)[C@@]12c1ccccc1-c1nc3ccccc3nc12. The third kappa shape index (κ3) is 2.94. The molecule has 0 bridgehead atoms. The maximum atomic E-state index is 5.55. The van der Waals surface area contributed by atoms with Crippen LogP contribution in [-0.4, -0.2) is 34.2 Å². The summed E-state index contributed by atoms with van der Waals surface area (Å²) < 4.78 is 0. The third-order valence-corrected chi connectivity index (χ3v) is 10.7. The summed E-state index contributed by atoms with van der Waals surface area (Å²) >= 11 is 0. The average Bonchev–Trinajstić information content (AvgIpc) is 3.69. The summed E-state index contributed by atoms with van der Waals surface area (Å²) in [5.41, 5.74) is 13.5.